The number of ketones is 1. The molecule has 0 aromatic heterocycles. The number of halogens is 1. The molecule has 0 N–H and O–H groups in total. The van der Waals surface area contributed by atoms with Gasteiger partial charge in [0.05, 0.1) is 0 Å². The van der Waals surface area contributed by atoms with Crippen molar-refractivity contribution in [2.75, 3.05) is 11.4 Å². The number of nitrogens with zero attached hydrogens (tertiary/aromatic N) is 1. The van der Waals surface area contributed by atoms with Crippen LogP contribution in [0.1, 0.15) is 44.5 Å². The van der Waals surface area contributed by atoms with E-state index < -0.39 is 0 Å². The number of carbonyl (C=O) groups is 1. The van der Waals surface area contributed by atoms with Gasteiger partial charge in [0.15, 0.2) is 5.78 Å². The van der Waals surface area contributed by atoms with E-state index in [1.165, 1.54) is 25.5 Å². The van der Waals surface area contributed by atoms with Gasteiger partial charge in [0.2, 0.25) is 0 Å². The maximum absolute atomic E-state index is 13.4. The summed E-state index contributed by atoms with van der Waals surface area (Å²) in [6.07, 6.45) is 1.20. The Morgan fingerprint density at radius 1 is 1.32 bits per heavy atom. The third kappa shape index (κ3) is 2.80. The van der Waals surface area contributed by atoms with Crippen molar-refractivity contribution < 1.29 is 9.18 Å². The van der Waals surface area contributed by atoms with Crippen LogP contribution in [0.2, 0.25) is 0 Å². The van der Waals surface area contributed by atoms with Crippen LogP contribution in [0, 0.1) is 17.7 Å². The van der Waals surface area contributed by atoms with Gasteiger partial charge in [-0.3, -0.25) is 4.79 Å². The summed E-state index contributed by atoms with van der Waals surface area (Å²) in [4.78, 5) is 14.0. The first-order chi connectivity index (χ1) is 8.90. The Balaban J connectivity index is 2.42. The lowest BCUT2D eigenvalue weighted by molar-refractivity contribution is 0.101. The molecule has 2 rings (SSSR count). The maximum atomic E-state index is 13.4. The minimum absolute atomic E-state index is 0.0763. The van der Waals surface area contributed by atoms with Crippen LogP contribution in [-0.2, 0) is 0 Å². The Kier molecular flexibility index (Phi) is 3.93. The second-order valence-electron chi connectivity index (χ2n) is 5.93. The second kappa shape index (κ2) is 5.32. The number of rotatable bonds is 2. The van der Waals surface area contributed by atoms with Gasteiger partial charge in [-0.2, -0.15) is 0 Å². The van der Waals surface area contributed by atoms with Gasteiger partial charge in [-0.25, -0.2) is 4.39 Å². The molecule has 1 saturated heterocycles. The standard InChI is InChI=1S/C16H22FNO/c1-10-7-11(2)12(3)18(9-10)16-6-5-14(17)8-15(16)13(4)19/h5-6,8,10-12H,7,9H2,1-4H3. The molecule has 0 saturated carbocycles. The Morgan fingerprint density at radius 3 is 2.63 bits per heavy atom. The van der Waals surface area contributed by atoms with Gasteiger partial charge in [0.1, 0.15) is 5.82 Å². The number of benzene rings is 1. The van der Waals surface area contributed by atoms with Gasteiger partial charge in [0.25, 0.3) is 0 Å². The molecule has 2 nitrogen and oxygen atoms in total. The molecule has 1 aromatic carbocycles. The van der Waals surface area contributed by atoms with Gasteiger partial charge in [-0.15, -0.1) is 0 Å². The van der Waals surface area contributed by atoms with Gasteiger partial charge < -0.3 is 4.90 Å². The third-order valence-electron chi connectivity index (χ3n) is 4.24. The topological polar surface area (TPSA) is 20.3 Å². The van der Waals surface area contributed by atoms with Crippen LogP contribution in [0.15, 0.2) is 18.2 Å². The summed E-state index contributed by atoms with van der Waals surface area (Å²) in [5, 5.41) is 0. The molecule has 3 unspecified atom stereocenters. The molecule has 1 aromatic rings. The smallest absolute Gasteiger partial charge is 0.161 e. The van der Waals surface area contributed by atoms with E-state index in [1.54, 1.807) is 6.07 Å². The highest BCUT2D eigenvalue weighted by molar-refractivity contribution is 5.99. The lowest BCUT2D eigenvalue weighted by atomic mass is 9.85. The molecule has 0 bridgehead atoms. The summed E-state index contributed by atoms with van der Waals surface area (Å²) in [5.41, 5.74) is 1.37. The maximum Gasteiger partial charge on any atom is 0.161 e. The zero-order valence-electron chi connectivity index (χ0n) is 12.1. The van der Waals surface area contributed by atoms with Crippen molar-refractivity contribution in [1.29, 1.82) is 0 Å². The largest absolute Gasteiger partial charge is 0.368 e. The van der Waals surface area contributed by atoms with Gasteiger partial charge in [0, 0.05) is 23.8 Å². The van der Waals surface area contributed by atoms with Crippen LogP contribution in [0.25, 0.3) is 0 Å². The van der Waals surface area contributed by atoms with E-state index in [2.05, 4.69) is 25.7 Å². The van der Waals surface area contributed by atoms with E-state index in [0.29, 0.717) is 23.4 Å². The highest BCUT2D eigenvalue weighted by Crippen LogP contribution is 2.33. The normalized spacial score (nSPS) is 27.4. The Hall–Kier alpha value is -1.38. The molecule has 104 valence electrons. The van der Waals surface area contributed by atoms with Crippen LogP contribution in [0.4, 0.5) is 10.1 Å². The van der Waals surface area contributed by atoms with Crippen molar-refractivity contribution in [3.05, 3.63) is 29.6 Å². The fourth-order valence-corrected chi connectivity index (χ4v) is 3.07. The molecular formula is C16H22FNO. The lowest BCUT2D eigenvalue weighted by Crippen LogP contribution is -2.46. The van der Waals surface area contributed by atoms with Crippen molar-refractivity contribution >= 4 is 11.5 Å². The molecule has 0 amide bonds. The Morgan fingerprint density at radius 2 is 2.00 bits per heavy atom. The monoisotopic (exact) mass is 263 g/mol. The van der Waals surface area contributed by atoms with Crippen molar-refractivity contribution in [3.8, 4) is 0 Å². The number of hydrogen-bond acceptors (Lipinski definition) is 2. The minimum Gasteiger partial charge on any atom is -0.368 e. The summed E-state index contributed by atoms with van der Waals surface area (Å²) < 4.78 is 13.4. The molecule has 0 radical (unpaired) electrons. The van der Waals surface area contributed by atoms with Crippen LogP contribution < -0.4 is 4.90 Å². The van der Waals surface area contributed by atoms with Gasteiger partial charge in [-0.05, 0) is 50.3 Å². The molecule has 1 heterocycles. The second-order valence-corrected chi connectivity index (χ2v) is 5.93. The van der Waals surface area contributed by atoms with E-state index >= 15 is 0 Å². The minimum atomic E-state index is -0.347. The Bertz CT molecular complexity index is 486. The van der Waals surface area contributed by atoms with E-state index in [4.69, 9.17) is 0 Å². The molecule has 1 aliphatic heterocycles. The van der Waals surface area contributed by atoms with E-state index in [0.717, 1.165) is 12.2 Å². The molecule has 0 spiro atoms. The summed E-state index contributed by atoms with van der Waals surface area (Å²) in [5.74, 6) is 0.747. The predicted molar refractivity (Wildman–Crippen MR) is 76.2 cm³/mol. The molecule has 19 heavy (non-hydrogen) atoms. The number of piperidine rings is 1. The molecule has 3 heteroatoms. The zero-order valence-corrected chi connectivity index (χ0v) is 12.1. The van der Waals surface area contributed by atoms with E-state index in [9.17, 15) is 9.18 Å². The number of hydrogen-bond donors (Lipinski definition) is 0. The average molecular weight is 263 g/mol. The lowest BCUT2D eigenvalue weighted by Gasteiger charge is -2.43. The third-order valence-corrected chi connectivity index (χ3v) is 4.24. The van der Waals surface area contributed by atoms with E-state index in [-0.39, 0.29) is 11.6 Å². The molecule has 1 fully saturated rings. The van der Waals surface area contributed by atoms with Crippen LogP contribution in [-0.4, -0.2) is 18.4 Å². The molecule has 3 atom stereocenters. The number of carbonyl (C=O) groups excluding carboxylic acids is 1. The fraction of sp³-hybridized carbons (Fsp3) is 0.562. The molecular weight excluding hydrogens is 241 g/mol. The first kappa shape index (κ1) is 14.0. The van der Waals surface area contributed by atoms with Crippen molar-refractivity contribution in [2.24, 2.45) is 11.8 Å². The number of Topliss-reactive ketones (excluding diaryl/α,β-unsaturated/α-hetero) is 1. The molecule has 1 aliphatic rings. The fourth-order valence-electron chi connectivity index (χ4n) is 3.07. The van der Waals surface area contributed by atoms with Crippen molar-refractivity contribution in [2.45, 2.75) is 40.2 Å². The Labute approximate surface area is 114 Å². The van der Waals surface area contributed by atoms with Crippen LogP contribution in [0.5, 0.6) is 0 Å². The first-order valence-corrected chi connectivity index (χ1v) is 6.97. The van der Waals surface area contributed by atoms with Crippen molar-refractivity contribution in [1.82, 2.24) is 0 Å². The summed E-state index contributed by atoms with van der Waals surface area (Å²) in [7, 11) is 0. The van der Waals surface area contributed by atoms with Crippen LogP contribution in [0.3, 0.4) is 0 Å². The number of anilines is 1. The highest BCUT2D eigenvalue weighted by atomic mass is 19.1. The van der Waals surface area contributed by atoms with Crippen molar-refractivity contribution in [3.63, 3.8) is 0 Å². The van der Waals surface area contributed by atoms with Gasteiger partial charge in [-0.1, -0.05) is 13.8 Å². The summed E-state index contributed by atoms with van der Waals surface area (Å²) in [6.45, 7) is 9.08. The molecule has 0 aliphatic carbocycles. The quantitative estimate of drug-likeness (QED) is 0.754. The zero-order chi connectivity index (χ0) is 14.2. The predicted octanol–water partition coefficient (Wildman–Crippen LogP) is 3.90. The van der Waals surface area contributed by atoms with E-state index in [1.807, 2.05) is 0 Å². The summed E-state index contributed by atoms with van der Waals surface area (Å²) in [6, 6.07) is 4.92. The highest BCUT2D eigenvalue weighted by Gasteiger charge is 2.30. The average Bonchev–Trinajstić information content (AvgIpc) is 2.34. The van der Waals surface area contributed by atoms with Gasteiger partial charge >= 0.3 is 0 Å². The summed E-state index contributed by atoms with van der Waals surface area (Å²) >= 11 is 0. The van der Waals surface area contributed by atoms with Crippen LogP contribution >= 0.6 is 0 Å². The SMILES string of the molecule is CC(=O)c1cc(F)ccc1N1CC(C)CC(C)C1C. The first-order valence-electron chi connectivity index (χ1n) is 6.97.